The van der Waals surface area contributed by atoms with Crippen molar-refractivity contribution < 1.29 is 60.8 Å². The van der Waals surface area contributed by atoms with Crippen LogP contribution in [0.3, 0.4) is 0 Å². The summed E-state index contributed by atoms with van der Waals surface area (Å²) in [7, 11) is -4.96. The Hall–Kier alpha value is 0.660. The fourth-order valence-electron chi connectivity index (χ4n) is 1.65. The fraction of sp³-hybridized carbons (Fsp3) is 1.00. The Bertz CT molecular complexity index is 332. The van der Waals surface area contributed by atoms with Crippen molar-refractivity contribution in [3.63, 3.8) is 0 Å². The van der Waals surface area contributed by atoms with Crippen molar-refractivity contribution >= 4 is 10.1 Å². The summed E-state index contributed by atoms with van der Waals surface area (Å²) in [6.45, 7) is 0. The van der Waals surface area contributed by atoms with Gasteiger partial charge in [0.15, 0.2) is 4.93 Å². The van der Waals surface area contributed by atoms with E-state index < -0.39 is 52.8 Å². The van der Waals surface area contributed by atoms with Gasteiger partial charge in [0.25, 0.3) is 0 Å². The van der Waals surface area contributed by atoms with Gasteiger partial charge in [-0.05, 0) is 25.7 Å². The summed E-state index contributed by atoms with van der Waals surface area (Å²) in [6, 6.07) is 0. The summed E-state index contributed by atoms with van der Waals surface area (Å²) in [4.78, 5) is -2.52. The van der Waals surface area contributed by atoms with Crippen molar-refractivity contribution in [3.05, 3.63) is 0 Å². The van der Waals surface area contributed by atoms with Gasteiger partial charge in [-0.15, -0.1) is 0 Å². The second kappa shape index (κ2) is 5.11. The summed E-state index contributed by atoms with van der Waals surface area (Å²) in [6.07, 6.45) is -6.75. The molecular weight excluding hydrogens is 260 g/mol. The fourth-order valence-corrected chi connectivity index (χ4v) is 2.38. The summed E-state index contributed by atoms with van der Waals surface area (Å²) in [5.74, 6) is -1.63. The molecule has 1 fully saturated rings. The molecule has 0 spiro atoms. The Morgan fingerprint density at radius 1 is 1.25 bits per heavy atom. The minimum absolute atomic E-state index is 0. The van der Waals surface area contributed by atoms with Crippen LogP contribution in [0.15, 0.2) is 0 Å². The molecule has 0 unspecified atom stereocenters. The van der Waals surface area contributed by atoms with Crippen LogP contribution in [-0.4, -0.2) is 29.2 Å². The van der Waals surface area contributed by atoms with Gasteiger partial charge in [0.1, 0.15) is 10.1 Å². The average molecular weight is 270 g/mol. The van der Waals surface area contributed by atoms with Gasteiger partial charge in [-0.25, -0.2) is 8.42 Å². The van der Waals surface area contributed by atoms with Crippen LogP contribution >= 0.6 is 0 Å². The molecule has 16 heavy (non-hydrogen) atoms. The van der Waals surface area contributed by atoms with E-state index in [-0.39, 0.29) is 29.6 Å². The molecule has 0 aromatic carbocycles. The number of hydrogen-bond acceptors (Lipinski definition) is 4. The van der Waals surface area contributed by atoms with Crippen LogP contribution in [0.25, 0.3) is 0 Å². The summed E-state index contributed by atoms with van der Waals surface area (Å²) >= 11 is 0. The molecule has 1 aliphatic rings. The maximum absolute atomic E-state index is 12.2. The molecule has 0 saturated heterocycles. The third kappa shape index (κ3) is 3.58. The number of aliphatic hydroxyl groups is 1. The van der Waals surface area contributed by atoms with E-state index in [9.17, 15) is 31.2 Å². The van der Waals surface area contributed by atoms with Gasteiger partial charge in [-0.2, -0.15) is 13.2 Å². The first kappa shape index (κ1) is 16.7. The maximum atomic E-state index is 12.2. The number of rotatable bonds is 1. The molecule has 0 heterocycles. The molecule has 1 aliphatic carbocycles. The molecule has 1 rings (SSSR count). The van der Waals surface area contributed by atoms with Crippen LogP contribution in [0.4, 0.5) is 13.2 Å². The zero-order chi connectivity index (χ0) is 11.9. The smallest absolute Gasteiger partial charge is 0.746 e. The predicted molar refractivity (Wildman–Crippen MR) is 42.7 cm³/mol. The minimum atomic E-state index is -4.96. The number of halogens is 3. The number of hydrogen-bond donors (Lipinski definition) is 1. The van der Waals surface area contributed by atoms with E-state index in [1.807, 2.05) is 0 Å². The monoisotopic (exact) mass is 270 g/mol. The van der Waals surface area contributed by atoms with Gasteiger partial charge in [0.2, 0.25) is 0 Å². The standard InChI is InChI=1S/C7H11F3O4S.Na/c8-7(9,10)5-1-3-6(11,4-2-5)15(12,13)14;/h5,11H,1-4H2,(H,12,13,14);/q;+1/p-1. The van der Waals surface area contributed by atoms with Gasteiger partial charge in [-0.3, -0.25) is 0 Å². The van der Waals surface area contributed by atoms with E-state index in [1.165, 1.54) is 0 Å². The molecule has 0 aliphatic heterocycles. The molecular formula is C7H10F3NaO4S. The third-order valence-corrected chi connectivity index (χ3v) is 4.03. The largest absolute Gasteiger partial charge is 1.00 e. The van der Waals surface area contributed by atoms with E-state index in [1.54, 1.807) is 0 Å². The van der Waals surface area contributed by atoms with Crippen molar-refractivity contribution in [3.8, 4) is 0 Å². The Kier molecular flexibility index (Phi) is 5.32. The van der Waals surface area contributed by atoms with Crippen LogP contribution in [0, 0.1) is 5.92 Å². The molecule has 0 bridgehead atoms. The van der Waals surface area contributed by atoms with Crippen LogP contribution in [0.2, 0.25) is 0 Å². The van der Waals surface area contributed by atoms with Gasteiger partial charge in [0.05, 0.1) is 5.92 Å². The second-order valence-corrected chi connectivity index (χ2v) is 5.38. The van der Waals surface area contributed by atoms with E-state index in [0.29, 0.717) is 0 Å². The molecule has 90 valence electrons. The van der Waals surface area contributed by atoms with Crippen molar-refractivity contribution in [2.24, 2.45) is 5.92 Å². The van der Waals surface area contributed by atoms with Crippen LogP contribution < -0.4 is 29.6 Å². The molecule has 0 radical (unpaired) electrons. The molecule has 0 amide bonds. The summed E-state index contributed by atoms with van der Waals surface area (Å²) < 4.78 is 68.3. The van der Waals surface area contributed by atoms with E-state index >= 15 is 0 Å². The van der Waals surface area contributed by atoms with Gasteiger partial charge < -0.3 is 9.66 Å². The Morgan fingerprint density at radius 3 is 1.88 bits per heavy atom. The number of alkyl halides is 3. The first-order valence-electron chi connectivity index (χ1n) is 4.31. The zero-order valence-electron chi connectivity index (χ0n) is 8.62. The van der Waals surface area contributed by atoms with Crippen LogP contribution in [0.5, 0.6) is 0 Å². The Balaban J connectivity index is 0.00000225. The zero-order valence-corrected chi connectivity index (χ0v) is 11.4. The van der Waals surface area contributed by atoms with Gasteiger partial charge >= 0.3 is 35.7 Å². The Labute approximate surface area is 113 Å². The molecule has 0 aromatic rings. The SMILES string of the molecule is O=S(=O)([O-])C1(O)CCC(C(F)(F)F)CC1.[Na+]. The van der Waals surface area contributed by atoms with Crippen LogP contribution in [0.1, 0.15) is 25.7 Å². The second-order valence-electron chi connectivity index (χ2n) is 3.72. The Morgan fingerprint density at radius 2 is 1.62 bits per heavy atom. The molecule has 0 aromatic heterocycles. The normalized spacial score (nSPS) is 31.9. The first-order valence-corrected chi connectivity index (χ1v) is 5.72. The predicted octanol–water partition coefficient (Wildman–Crippen LogP) is -2.02. The molecule has 0 atom stereocenters. The molecule has 1 N–H and O–H groups in total. The maximum Gasteiger partial charge on any atom is 1.00 e. The quantitative estimate of drug-likeness (QED) is 0.440. The first-order chi connectivity index (χ1) is 6.56. The average Bonchev–Trinajstić information content (AvgIpc) is 2.01. The summed E-state index contributed by atoms with van der Waals surface area (Å²) in [5, 5.41) is 9.32. The van der Waals surface area contributed by atoms with Crippen molar-refractivity contribution in [1.82, 2.24) is 0 Å². The summed E-state index contributed by atoms with van der Waals surface area (Å²) in [5.41, 5.74) is 0. The molecule has 1 saturated carbocycles. The van der Waals surface area contributed by atoms with Crippen molar-refractivity contribution in [2.75, 3.05) is 0 Å². The van der Waals surface area contributed by atoms with E-state index in [4.69, 9.17) is 0 Å². The minimum Gasteiger partial charge on any atom is -0.746 e. The third-order valence-electron chi connectivity index (χ3n) is 2.70. The molecule has 9 heteroatoms. The van der Waals surface area contributed by atoms with E-state index in [2.05, 4.69) is 0 Å². The van der Waals surface area contributed by atoms with Crippen molar-refractivity contribution in [1.29, 1.82) is 0 Å². The topological polar surface area (TPSA) is 77.4 Å². The van der Waals surface area contributed by atoms with E-state index in [0.717, 1.165) is 0 Å². The van der Waals surface area contributed by atoms with Gasteiger partial charge in [-0.1, -0.05) is 0 Å². The molecule has 4 nitrogen and oxygen atoms in total. The van der Waals surface area contributed by atoms with Crippen molar-refractivity contribution in [2.45, 2.75) is 36.8 Å². The van der Waals surface area contributed by atoms with Gasteiger partial charge in [0, 0.05) is 0 Å². The van der Waals surface area contributed by atoms with Crippen LogP contribution in [-0.2, 0) is 10.1 Å².